The van der Waals surface area contributed by atoms with Crippen LogP contribution < -0.4 is 10.00 Å². The molecule has 0 radical (unpaired) electrons. The summed E-state index contributed by atoms with van der Waals surface area (Å²) in [7, 11) is 0. The molecule has 74 valence electrons. The number of nitrogens with zero attached hydrogens (tertiary/aromatic N) is 1. The van der Waals surface area contributed by atoms with Crippen molar-refractivity contribution in [2.24, 2.45) is 0 Å². The molecule has 7 nitrogen and oxygen atoms in total. The predicted molar refractivity (Wildman–Crippen MR) is 41.5 cm³/mol. The molecule has 1 aromatic heterocycles. The van der Waals surface area contributed by atoms with Gasteiger partial charge in [0.25, 0.3) is 5.69 Å². The minimum absolute atomic E-state index is 0.0655. The summed E-state index contributed by atoms with van der Waals surface area (Å²) in [6, 6.07) is 1.18. The highest BCUT2D eigenvalue weighted by Gasteiger charge is 2.35. The summed E-state index contributed by atoms with van der Waals surface area (Å²) in [6.45, 7) is 0.0655. The summed E-state index contributed by atoms with van der Waals surface area (Å²) in [5.41, 5.74) is -0.0164. The number of carbonyl (C=O) groups excluding carboxylic acids is 1. The van der Waals surface area contributed by atoms with Gasteiger partial charge in [-0.1, -0.05) is 4.68 Å². The van der Waals surface area contributed by atoms with Crippen LogP contribution in [0.25, 0.3) is 0 Å². The normalized spacial score (nSPS) is 20.1. The highest BCUT2D eigenvalue weighted by atomic mass is 16.4. The Morgan fingerprint density at radius 1 is 1.64 bits per heavy atom. The Hall–Kier alpha value is -1.89. The molecule has 1 aromatic rings. The van der Waals surface area contributed by atoms with Gasteiger partial charge in [-0.2, -0.15) is 5.10 Å². The molecule has 0 aromatic carbocycles. The zero-order chi connectivity index (χ0) is 10.3. The lowest BCUT2D eigenvalue weighted by Crippen LogP contribution is -2.56. The van der Waals surface area contributed by atoms with Gasteiger partial charge in [0, 0.05) is 0 Å². The number of rotatable bonds is 1. The number of β-amino-alcohol motifs (C(OH)–C–C–N with tert-alkyl or cyclic N) is 1. The third kappa shape index (κ3) is 1.14. The monoisotopic (exact) mass is 198 g/mol. The van der Waals surface area contributed by atoms with Gasteiger partial charge < -0.3 is 15.5 Å². The van der Waals surface area contributed by atoms with Crippen molar-refractivity contribution >= 4 is 11.9 Å². The standard InChI is InChI=1S/C7H7N3O4/c11-5-2-8-6(12)4-1-3(7(13)14)9-10(4)5/h1,5,11H,2H2,(H2,8,12,13,14)/p+1. The number of aromatic nitrogens is 2. The molecule has 14 heavy (non-hydrogen) atoms. The summed E-state index contributed by atoms with van der Waals surface area (Å²) in [4.78, 5) is 21.8. The zero-order valence-electron chi connectivity index (χ0n) is 7.02. The number of hydrogen-bond acceptors (Lipinski definition) is 3. The molecule has 0 fully saturated rings. The van der Waals surface area contributed by atoms with Gasteiger partial charge in [-0.15, -0.1) is 0 Å². The van der Waals surface area contributed by atoms with Gasteiger partial charge in [0.05, 0.1) is 6.07 Å². The Morgan fingerprint density at radius 3 is 2.93 bits per heavy atom. The van der Waals surface area contributed by atoms with E-state index in [0.29, 0.717) is 0 Å². The second kappa shape index (κ2) is 2.81. The van der Waals surface area contributed by atoms with Gasteiger partial charge in [-0.05, 0) is 0 Å². The number of aliphatic hydroxyl groups excluding tert-OH is 1. The van der Waals surface area contributed by atoms with E-state index >= 15 is 0 Å². The molecule has 0 saturated carbocycles. The van der Waals surface area contributed by atoms with E-state index in [2.05, 4.69) is 10.4 Å². The van der Waals surface area contributed by atoms with Gasteiger partial charge in [0.15, 0.2) is 5.69 Å². The highest BCUT2D eigenvalue weighted by Crippen LogP contribution is 2.05. The molecule has 1 amide bonds. The Labute approximate surface area is 78.0 Å². The second-order valence-corrected chi connectivity index (χ2v) is 2.92. The van der Waals surface area contributed by atoms with E-state index in [-0.39, 0.29) is 17.9 Å². The van der Waals surface area contributed by atoms with E-state index in [1.54, 1.807) is 0 Å². The van der Waals surface area contributed by atoms with E-state index < -0.39 is 18.1 Å². The van der Waals surface area contributed by atoms with Crippen molar-refractivity contribution in [2.45, 2.75) is 6.23 Å². The van der Waals surface area contributed by atoms with Crippen molar-refractivity contribution < 1.29 is 24.5 Å². The van der Waals surface area contributed by atoms with Gasteiger partial charge in [0.2, 0.25) is 0 Å². The molecule has 7 heteroatoms. The van der Waals surface area contributed by atoms with E-state index in [4.69, 9.17) is 5.11 Å². The van der Waals surface area contributed by atoms with Gasteiger partial charge in [-0.25, -0.2) is 4.79 Å². The quantitative estimate of drug-likeness (QED) is 0.401. The van der Waals surface area contributed by atoms with Crippen LogP contribution in [-0.4, -0.2) is 33.7 Å². The van der Waals surface area contributed by atoms with Crippen LogP contribution in [0, 0.1) is 0 Å². The maximum atomic E-state index is 11.2. The number of aromatic carboxylic acids is 1. The SMILES string of the molecule is O=C(O)c1cc2[n+]([nH]1)C(O)CNC2=O. The number of carboxylic acid groups (broad SMARTS) is 1. The molecule has 0 spiro atoms. The fourth-order valence-electron chi connectivity index (χ4n) is 1.31. The topological polar surface area (TPSA) is 106 Å². The smallest absolute Gasteiger partial charge is 0.358 e. The number of carboxylic acids is 1. The van der Waals surface area contributed by atoms with Crippen LogP contribution in [0.5, 0.6) is 0 Å². The summed E-state index contributed by atoms with van der Waals surface area (Å²) >= 11 is 0. The van der Waals surface area contributed by atoms with Crippen molar-refractivity contribution in [2.75, 3.05) is 6.54 Å². The largest absolute Gasteiger partial charge is 0.476 e. The van der Waals surface area contributed by atoms with Crippen LogP contribution in [0.4, 0.5) is 0 Å². The molecule has 4 N–H and O–H groups in total. The zero-order valence-corrected chi connectivity index (χ0v) is 7.02. The van der Waals surface area contributed by atoms with Gasteiger partial charge in [0.1, 0.15) is 6.54 Å². The third-order valence-electron chi connectivity index (χ3n) is 1.99. The number of H-pyrrole nitrogens is 1. The lowest BCUT2D eigenvalue weighted by Gasteiger charge is -2.10. The first kappa shape index (κ1) is 8.70. The van der Waals surface area contributed by atoms with Crippen molar-refractivity contribution in [1.29, 1.82) is 0 Å². The molecule has 0 bridgehead atoms. The lowest BCUT2D eigenvalue weighted by atomic mass is 10.3. The Balaban J connectivity index is 2.52. The first-order chi connectivity index (χ1) is 6.59. The maximum Gasteiger partial charge on any atom is 0.358 e. The third-order valence-corrected chi connectivity index (χ3v) is 1.99. The second-order valence-electron chi connectivity index (χ2n) is 2.92. The molecule has 2 heterocycles. The molecule has 1 aliphatic heterocycles. The van der Waals surface area contributed by atoms with Gasteiger partial charge in [-0.3, -0.25) is 4.79 Å². The van der Waals surface area contributed by atoms with Crippen LogP contribution in [0.3, 0.4) is 0 Å². The first-order valence-electron chi connectivity index (χ1n) is 3.93. The molecular formula is C7H8N3O4+. The highest BCUT2D eigenvalue weighted by molar-refractivity contribution is 5.94. The Morgan fingerprint density at radius 2 is 2.36 bits per heavy atom. The number of hydrogen-bond donors (Lipinski definition) is 4. The van der Waals surface area contributed by atoms with Gasteiger partial charge >= 0.3 is 18.1 Å². The Kier molecular flexibility index (Phi) is 1.74. The maximum absolute atomic E-state index is 11.2. The van der Waals surface area contributed by atoms with Crippen LogP contribution in [0.2, 0.25) is 0 Å². The molecule has 1 atom stereocenters. The molecule has 0 saturated heterocycles. The van der Waals surface area contributed by atoms with E-state index in [1.807, 2.05) is 0 Å². The fourth-order valence-corrected chi connectivity index (χ4v) is 1.31. The Bertz CT molecular complexity index is 411. The van der Waals surface area contributed by atoms with Crippen LogP contribution in [0.15, 0.2) is 6.07 Å². The summed E-state index contributed by atoms with van der Waals surface area (Å²) in [5, 5.41) is 22.9. The number of aliphatic hydroxyl groups is 1. The van der Waals surface area contributed by atoms with E-state index in [9.17, 15) is 14.7 Å². The number of fused-ring (bicyclic) bond motifs is 1. The number of carbonyl (C=O) groups is 2. The number of aromatic amines is 1. The van der Waals surface area contributed by atoms with Crippen LogP contribution >= 0.6 is 0 Å². The first-order valence-corrected chi connectivity index (χ1v) is 3.93. The van der Waals surface area contributed by atoms with Crippen LogP contribution in [-0.2, 0) is 0 Å². The summed E-state index contributed by atoms with van der Waals surface area (Å²) in [6.07, 6.45) is -0.948. The average Bonchev–Trinajstić information content (AvgIpc) is 2.57. The van der Waals surface area contributed by atoms with E-state index in [0.717, 1.165) is 4.68 Å². The molecular weight excluding hydrogens is 190 g/mol. The minimum Gasteiger partial charge on any atom is -0.476 e. The molecule has 1 aliphatic rings. The van der Waals surface area contributed by atoms with Crippen molar-refractivity contribution in [3.63, 3.8) is 0 Å². The molecule has 0 aliphatic carbocycles. The molecule has 2 rings (SSSR count). The van der Waals surface area contributed by atoms with Crippen LogP contribution in [0.1, 0.15) is 27.2 Å². The van der Waals surface area contributed by atoms with Crippen molar-refractivity contribution in [3.05, 3.63) is 17.5 Å². The molecule has 1 unspecified atom stereocenters. The fraction of sp³-hybridized carbons (Fsp3) is 0.286. The van der Waals surface area contributed by atoms with E-state index in [1.165, 1.54) is 6.07 Å². The predicted octanol–water partition coefficient (Wildman–Crippen LogP) is -1.77. The minimum atomic E-state index is -1.17. The average molecular weight is 198 g/mol. The number of amides is 1. The summed E-state index contributed by atoms with van der Waals surface area (Å²) in [5.74, 6) is -1.58. The lowest BCUT2D eigenvalue weighted by molar-refractivity contribution is -0.808. The van der Waals surface area contributed by atoms with Crippen molar-refractivity contribution in [3.8, 4) is 0 Å². The summed E-state index contributed by atoms with van der Waals surface area (Å²) < 4.78 is 1.13. The van der Waals surface area contributed by atoms with Crippen molar-refractivity contribution in [1.82, 2.24) is 10.4 Å². The number of nitrogens with one attached hydrogen (secondary N) is 2.